The molecule has 1 amide bonds. The quantitative estimate of drug-likeness (QED) is 0.786. The molecule has 1 unspecified atom stereocenters. The van der Waals surface area contributed by atoms with Crippen molar-refractivity contribution in [1.29, 1.82) is 0 Å². The van der Waals surface area contributed by atoms with Gasteiger partial charge in [-0.1, -0.05) is 0 Å². The molecule has 2 aromatic rings. The van der Waals surface area contributed by atoms with E-state index in [1.54, 1.807) is 24.9 Å². The average molecular weight is 446 g/mol. The summed E-state index contributed by atoms with van der Waals surface area (Å²) in [4.78, 5) is 18.0. The first kappa shape index (κ1) is 19.7. The number of amides is 1. The van der Waals surface area contributed by atoms with Crippen LogP contribution in [0.1, 0.15) is 34.6 Å². The highest BCUT2D eigenvalue weighted by atomic mass is 79.9. The highest BCUT2D eigenvalue weighted by Gasteiger charge is 2.37. The van der Waals surface area contributed by atoms with Crippen LogP contribution in [0.3, 0.4) is 0 Å². The summed E-state index contributed by atoms with van der Waals surface area (Å²) in [6.07, 6.45) is -1.80. The van der Waals surface area contributed by atoms with Gasteiger partial charge >= 0.3 is 6.18 Å². The van der Waals surface area contributed by atoms with Crippen molar-refractivity contribution in [2.75, 3.05) is 18.0 Å². The van der Waals surface area contributed by atoms with Gasteiger partial charge in [0.2, 0.25) is 0 Å². The van der Waals surface area contributed by atoms with Gasteiger partial charge in [0.05, 0.1) is 11.3 Å². The number of aryl methyl sites for hydroxylation is 2. The van der Waals surface area contributed by atoms with Crippen molar-refractivity contribution in [3.05, 3.63) is 39.8 Å². The molecule has 1 saturated heterocycles. The zero-order valence-electron chi connectivity index (χ0n) is 14.8. The van der Waals surface area contributed by atoms with Crippen LogP contribution >= 0.6 is 15.9 Å². The number of piperidine rings is 1. The fourth-order valence-corrected chi connectivity index (χ4v) is 3.59. The van der Waals surface area contributed by atoms with E-state index in [9.17, 15) is 18.0 Å². The minimum Gasteiger partial charge on any atom is -0.354 e. The zero-order valence-corrected chi connectivity index (χ0v) is 16.4. The number of nitrogens with zero attached hydrogens (tertiary/aromatic N) is 4. The van der Waals surface area contributed by atoms with E-state index in [1.165, 1.54) is 10.9 Å². The second-order valence-corrected chi connectivity index (χ2v) is 7.49. The number of anilines is 1. The molecule has 146 valence electrons. The lowest BCUT2D eigenvalue weighted by Crippen LogP contribution is -2.48. The van der Waals surface area contributed by atoms with Crippen molar-refractivity contribution in [1.82, 2.24) is 20.1 Å². The van der Waals surface area contributed by atoms with Crippen LogP contribution < -0.4 is 10.2 Å². The summed E-state index contributed by atoms with van der Waals surface area (Å²) in [5, 5.41) is 7.04. The van der Waals surface area contributed by atoms with Crippen molar-refractivity contribution in [2.24, 2.45) is 7.05 Å². The largest absolute Gasteiger partial charge is 0.419 e. The van der Waals surface area contributed by atoms with Gasteiger partial charge in [0, 0.05) is 36.8 Å². The van der Waals surface area contributed by atoms with Crippen molar-refractivity contribution in [3.8, 4) is 0 Å². The summed E-state index contributed by atoms with van der Waals surface area (Å²) in [5.74, 6) is -0.397. The molecule has 6 nitrogen and oxygen atoms in total. The van der Waals surface area contributed by atoms with Crippen LogP contribution in [-0.4, -0.2) is 39.8 Å². The number of hydrogen-bond donors (Lipinski definition) is 1. The molecule has 2 aromatic heterocycles. The van der Waals surface area contributed by atoms with E-state index in [0.29, 0.717) is 25.1 Å². The molecule has 3 rings (SSSR count). The van der Waals surface area contributed by atoms with Crippen molar-refractivity contribution >= 4 is 27.7 Å². The molecular weight excluding hydrogens is 427 g/mol. The Kier molecular flexibility index (Phi) is 5.45. The van der Waals surface area contributed by atoms with Gasteiger partial charge in [-0.15, -0.1) is 0 Å². The van der Waals surface area contributed by atoms with Crippen LogP contribution in [0.5, 0.6) is 0 Å². The summed E-state index contributed by atoms with van der Waals surface area (Å²) in [6, 6.07) is 2.43. The average Bonchev–Trinajstić information content (AvgIpc) is 2.93. The van der Waals surface area contributed by atoms with Gasteiger partial charge in [-0.2, -0.15) is 18.3 Å². The van der Waals surface area contributed by atoms with E-state index < -0.39 is 11.7 Å². The Balaban J connectivity index is 1.77. The molecule has 1 aliphatic heterocycles. The highest BCUT2D eigenvalue weighted by Crippen LogP contribution is 2.37. The number of pyridine rings is 1. The van der Waals surface area contributed by atoms with Crippen LogP contribution in [0, 0.1) is 6.92 Å². The molecule has 1 atom stereocenters. The van der Waals surface area contributed by atoms with E-state index in [2.05, 4.69) is 31.3 Å². The Bertz CT molecular complexity index is 852. The van der Waals surface area contributed by atoms with Crippen LogP contribution in [-0.2, 0) is 13.2 Å². The topological polar surface area (TPSA) is 63.1 Å². The molecule has 3 heterocycles. The Morgan fingerprint density at radius 1 is 1.37 bits per heavy atom. The van der Waals surface area contributed by atoms with Crippen LogP contribution in [0.2, 0.25) is 0 Å². The number of rotatable bonds is 3. The van der Waals surface area contributed by atoms with Crippen LogP contribution in [0.25, 0.3) is 0 Å². The van der Waals surface area contributed by atoms with Crippen molar-refractivity contribution in [3.63, 3.8) is 0 Å². The van der Waals surface area contributed by atoms with Gasteiger partial charge in [0.1, 0.15) is 11.5 Å². The van der Waals surface area contributed by atoms with Gasteiger partial charge in [0.25, 0.3) is 5.91 Å². The molecule has 0 bridgehead atoms. The lowest BCUT2D eigenvalue weighted by Gasteiger charge is -2.35. The second-order valence-electron chi connectivity index (χ2n) is 6.58. The Morgan fingerprint density at radius 2 is 2.11 bits per heavy atom. The number of alkyl halides is 3. The summed E-state index contributed by atoms with van der Waals surface area (Å²) in [6.45, 7) is 2.51. The van der Waals surface area contributed by atoms with Crippen LogP contribution in [0.4, 0.5) is 19.0 Å². The number of halogens is 4. The van der Waals surface area contributed by atoms with Crippen molar-refractivity contribution in [2.45, 2.75) is 32.0 Å². The molecule has 0 aromatic carbocycles. The van der Waals surface area contributed by atoms with E-state index in [4.69, 9.17) is 0 Å². The number of nitrogens with one attached hydrogen (secondary N) is 1. The minimum absolute atomic E-state index is 0.110. The van der Waals surface area contributed by atoms with E-state index in [0.717, 1.165) is 11.8 Å². The molecule has 1 N–H and O–H groups in total. The van der Waals surface area contributed by atoms with Gasteiger partial charge in [0.15, 0.2) is 0 Å². The third kappa shape index (κ3) is 4.42. The van der Waals surface area contributed by atoms with E-state index >= 15 is 0 Å². The molecule has 0 radical (unpaired) electrons. The van der Waals surface area contributed by atoms with Gasteiger partial charge in [-0.05, 0) is 47.8 Å². The fraction of sp³-hybridized carbons (Fsp3) is 0.471. The molecule has 0 aliphatic carbocycles. The van der Waals surface area contributed by atoms with Gasteiger partial charge in [-0.3, -0.25) is 9.48 Å². The highest BCUT2D eigenvalue weighted by molar-refractivity contribution is 9.10. The Labute approximate surface area is 162 Å². The third-order valence-electron chi connectivity index (χ3n) is 4.43. The number of carbonyl (C=O) groups excluding carboxylic acids is 1. The summed E-state index contributed by atoms with van der Waals surface area (Å²) in [5.41, 5.74) is 0.357. The predicted molar refractivity (Wildman–Crippen MR) is 97.6 cm³/mol. The van der Waals surface area contributed by atoms with Gasteiger partial charge in [-0.25, -0.2) is 4.98 Å². The maximum absolute atomic E-state index is 13.4. The minimum atomic E-state index is -4.51. The molecule has 1 aliphatic rings. The SMILES string of the molecule is Cc1cc(C(=O)NC2CCCN(c3ncc(Br)cc3C(F)(F)F)C2)n(C)n1. The number of aromatic nitrogens is 3. The smallest absolute Gasteiger partial charge is 0.354 e. The lowest BCUT2D eigenvalue weighted by atomic mass is 10.0. The molecule has 1 fully saturated rings. The first-order valence-electron chi connectivity index (χ1n) is 8.44. The summed E-state index contributed by atoms with van der Waals surface area (Å²) in [7, 11) is 1.68. The lowest BCUT2D eigenvalue weighted by molar-refractivity contribution is -0.137. The number of hydrogen-bond acceptors (Lipinski definition) is 4. The van der Waals surface area contributed by atoms with E-state index in [1.807, 2.05) is 0 Å². The molecular formula is C17H19BrF3N5O. The second kappa shape index (κ2) is 7.49. The normalized spacial score (nSPS) is 17.9. The number of carbonyl (C=O) groups is 1. The standard InChI is InChI=1S/C17H19BrF3N5O/c1-10-6-14(25(2)24-10)16(27)23-12-4-3-5-26(9-12)15-13(17(19,20)21)7-11(18)8-22-15/h6-8,12H,3-5,9H2,1-2H3,(H,23,27). The maximum atomic E-state index is 13.4. The summed E-state index contributed by atoms with van der Waals surface area (Å²) < 4.78 is 41.9. The maximum Gasteiger partial charge on any atom is 0.419 e. The Morgan fingerprint density at radius 3 is 2.74 bits per heavy atom. The van der Waals surface area contributed by atoms with Crippen LogP contribution in [0.15, 0.2) is 22.8 Å². The molecule has 27 heavy (non-hydrogen) atoms. The third-order valence-corrected chi connectivity index (χ3v) is 4.86. The van der Waals surface area contributed by atoms with Crippen molar-refractivity contribution < 1.29 is 18.0 Å². The predicted octanol–water partition coefficient (Wildman–Crippen LogP) is 3.30. The molecule has 10 heteroatoms. The summed E-state index contributed by atoms with van der Waals surface area (Å²) >= 11 is 3.05. The first-order valence-corrected chi connectivity index (χ1v) is 9.23. The Hall–Kier alpha value is -2.10. The van der Waals surface area contributed by atoms with E-state index in [-0.39, 0.29) is 28.8 Å². The molecule has 0 spiro atoms. The molecule has 0 saturated carbocycles. The first-order chi connectivity index (χ1) is 12.6. The zero-order chi connectivity index (χ0) is 19.8. The fourth-order valence-electron chi connectivity index (χ4n) is 3.26. The monoisotopic (exact) mass is 445 g/mol. The van der Waals surface area contributed by atoms with Gasteiger partial charge < -0.3 is 10.2 Å².